The van der Waals surface area contributed by atoms with Gasteiger partial charge in [0.1, 0.15) is 12.4 Å². The molecule has 0 aliphatic heterocycles. The molecule has 0 bridgehead atoms. The van der Waals surface area contributed by atoms with Gasteiger partial charge in [-0.05, 0) is 61.2 Å². The second-order valence-electron chi connectivity index (χ2n) is 5.75. The summed E-state index contributed by atoms with van der Waals surface area (Å²) in [5, 5.41) is 1.06. The number of ether oxygens (including phenoxy) is 1. The van der Waals surface area contributed by atoms with Crippen molar-refractivity contribution in [3.05, 3.63) is 70.0 Å². The minimum Gasteiger partial charge on any atom is -0.492 e. The second-order valence-corrected chi connectivity index (χ2v) is 5.75. The van der Waals surface area contributed by atoms with E-state index in [9.17, 15) is 4.79 Å². The van der Waals surface area contributed by atoms with Crippen LogP contribution in [-0.2, 0) is 6.54 Å². The van der Waals surface area contributed by atoms with E-state index in [-0.39, 0.29) is 5.56 Å². The van der Waals surface area contributed by atoms with Gasteiger partial charge in [-0.2, -0.15) is 0 Å². The third-order valence-electron chi connectivity index (χ3n) is 3.97. The predicted octanol–water partition coefficient (Wildman–Crippen LogP) is 3.28. The number of aryl methyl sites for hydroxylation is 2. The first-order chi connectivity index (χ1) is 11.0. The van der Waals surface area contributed by atoms with Gasteiger partial charge in [-0.15, -0.1) is 0 Å². The smallest absolute Gasteiger partial charge is 0.251 e. The van der Waals surface area contributed by atoms with Gasteiger partial charge in [0.2, 0.25) is 0 Å². The number of fused-ring (bicyclic) bond motifs is 1. The van der Waals surface area contributed by atoms with Crippen LogP contribution in [0.15, 0.2) is 53.3 Å². The fourth-order valence-corrected chi connectivity index (χ4v) is 2.65. The Balaban J connectivity index is 1.80. The van der Waals surface area contributed by atoms with Gasteiger partial charge >= 0.3 is 0 Å². The van der Waals surface area contributed by atoms with Crippen molar-refractivity contribution in [2.24, 2.45) is 0 Å². The molecule has 0 amide bonds. The van der Waals surface area contributed by atoms with Gasteiger partial charge in [0, 0.05) is 11.8 Å². The van der Waals surface area contributed by atoms with E-state index in [1.54, 1.807) is 10.6 Å². The molecule has 0 atom stereocenters. The number of hydrogen-bond acceptors (Lipinski definition) is 3. The monoisotopic (exact) mass is 308 g/mol. The molecule has 3 rings (SSSR count). The van der Waals surface area contributed by atoms with E-state index in [0.29, 0.717) is 13.2 Å². The highest BCUT2D eigenvalue weighted by atomic mass is 16.5. The Kier molecular flexibility index (Phi) is 4.06. The van der Waals surface area contributed by atoms with Crippen molar-refractivity contribution in [2.75, 3.05) is 12.3 Å². The number of nitrogen functional groups attached to an aromatic ring is 1. The number of aromatic nitrogens is 1. The van der Waals surface area contributed by atoms with Gasteiger partial charge in [0.05, 0.1) is 12.1 Å². The summed E-state index contributed by atoms with van der Waals surface area (Å²) in [7, 11) is 0. The van der Waals surface area contributed by atoms with E-state index in [4.69, 9.17) is 10.5 Å². The molecule has 2 aromatic carbocycles. The van der Waals surface area contributed by atoms with Gasteiger partial charge in [-0.25, -0.2) is 0 Å². The first-order valence-electron chi connectivity index (χ1n) is 7.64. The van der Waals surface area contributed by atoms with Crippen LogP contribution < -0.4 is 16.0 Å². The summed E-state index contributed by atoms with van der Waals surface area (Å²) >= 11 is 0. The van der Waals surface area contributed by atoms with E-state index in [2.05, 4.69) is 6.07 Å². The number of anilines is 1. The summed E-state index contributed by atoms with van der Waals surface area (Å²) in [6, 6.07) is 15.1. The molecule has 2 N–H and O–H groups in total. The van der Waals surface area contributed by atoms with Gasteiger partial charge < -0.3 is 15.0 Å². The molecular formula is C19H20N2O2. The number of hydrogen-bond donors (Lipinski definition) is 1. The highest BCUT2D eigenvalue weighted by Crippen LogP contribution is 2.19. The minimum absolute atomic E-state index is 0.0153. The first-order valence-corrected chi connectivity index (χ1v) is 7.64. The molecule has 0 saturated carbocycles. The lowest BCUT2D eigenvalue weighted by atomic mass is 10.1. The van der Waals surface area contributed by atoms with Crippen LogP contribution in [-0.4, -0.2) is 11.2 Å². The van der Waals surface area contributed by atoms with Crippen LogP contribution in [0.25, 0.3) is 10.9 Å². The average molecular weight is 308 g/mol. The normalized spacial score (nSPS) is 10.9. The van der Waals surface area contributed by atoms with Crippen molar-refractivity contribution in [3.63, 3.8) is 0 Å². The summed E-state index contributed by atoms with van der Waals surface area (Å²) < 4.78 is 7.51. The molecule has 1 heterocycles. The lowest BCUT2D eigenvalue weighted by Crippen LogP contribution is -2.22. The van der Waals surface area contributed by atoms with Crippen molar-refractivity contribution in [1.82, 2.24) is 4.57 Å². The Labute approximate surface area is 135 Å². The summed E-state index contributed by atoms with van der Waals surface area (Å²) in [6.45, 7) is 4.92. The number of benzene rings is 2. The maximum absolute atomic E-state index is 12.2. The van der Waals surface area contributed by atoms with Crippen LogP contribution >= 0.6 is 0 Å². The number of nitrogens with zero attached hydrogens (tertiary/aromatic N) is 1. The van der Waals surface area contributed by atoms with Crippen LogP contribution in [0.5, 0.6) is 5.75 Å². The van der Waals surface area contributed by atoms with Crippen LogP contribution in [0.1, 0.15) is 11.1 Å². The summed E-state index contributed by atoms with van der Waals surface area (Å²) in [6.07, 6.45) is 0. The van der Waals surface area contributed by atoms with Crippen LogP contribution in [0.4, 0.5) is 5.69 Å². The SMILES string of the molecule is Cc1ccc2c(ccc(=O)n2CCOc2ccc(N)c(C)c2)c1. The van der Waals surface area contributed by atoms with E-state index >= 15 is 0 Å². The lowest BCUT2D eigenvalue weighted by molar-refractivity contribution is 0.298. The molecule has 0 radical (unpaired) electrons. The Morgan fingerprint density at radius 3 is 2.65 bits per heavy atom. The molecule has 0 aliphatic rings. The first kappa shape index (κ1) is 15.2. The summed E-state index contributed by atoms with van der Waals surface area (Å²) in [4.78, 5) is 12.2. The molecule has 0 unspecified atom stereocenters. The molecule has 4 heteroatoms. The number of pyridine rings is 1. The molecule has 3 aromatic rings. The molecule has 23 heavy (non-hydrogen) atoms. The molecule has 0 fully saturated rings. The zero-order chi connectivity index (χ0) is 16.4. The van der Waals surface area contributed by atoms with Gasteiger partial charge in [-0.1, -0.05) is 11.6 Å². The molecule has 1 aromatic heterocycles. The van der Waals surface area contributed by atoms with Crippen molar-refractivity contribution >= 4 is 16.6 Å². The average Bonchev–Trinajstić information content (AvgIpc) is 2.53. The van der Waals surface area contributed by atoms with Crippen molar-refractivity contribution in [3.8, 4) is 5.75 Å². The Bertz CT molecular complexity index is 913. The van der Waals surface area contributed by atoms with Gasteiger partial charge in [-0.3, -0.25) is 4.79 Å². The molecular weight excluding hydrogens is 288 g/mol. The zero-order valence-corrected chi connectivity index (χ0v) is 13.4. The third-order valence-corrected chi connectivity index (χ3v) is 3.97. The highest BCUT2D eigenvalue weighted by molar-refractivity contribution is 5.79. The van der Waals surface area contributed by atoms with Gasteiger partial charge in [0.15, 0.2) is 0 Å². The van der Waals surface area contributed by atoms with E-state index in [1.807, 2.05) is 50.2 Å². The number of nitrogens with two attached hydrogens (primary N) is 1. The maximum atomic E-state index is 12.2. The largest absolute Gasteiger partial charge is 0.492 e. The third kappa shape index (κ3) is 3.21. The van der Waals surface area contributed by atoms with Crippen molar-refractivity contribution < 1.29 is 4.74 Å². The van der Waals surface area contributed by atoms with Crippen LogP contribution in [0.2, 0.25) is 0 Å². The molecule has 4 nitrogen and oxygen atoms in total. The highest BCUT2D eigenvalue weighted by Gasteiger charge is 2.04. The fraction of sp³-hybridized carbons (Fsp3) is 0.211. The summed E-state index contributed by atoms with van der Waals surface area (Å²) in [5.74, 6) is 0.765. The van der Waals surface area contributed by atoms with Crippen molar-refractivity contribution in [2.45, 2.75) is 20.4 Å². The number of rotatable bonds is 4. The quantitative estimate of drug-likeness (QED) is 0.753. The summed E-state index contributed by atoms with van der Waals surface area (Å²) in [5.41, 5.74) is 9.63. The van der Waals surface area contributed by atoms with Crippen molar-refractivity contribution in [1.29, 1.82) is 0 Å². The van der Waals surface area contributed by atoms with Crippen LogP contribution in [0, 0.1) is 13.8 Å². The van der Waals surface area contributed by atoms with E-state index in [1.165, 1.54) is 5.56 Å². The fourth-order valence-electron chi connectivity index (χ4n) is 2.65. The molecule has 0 saturated heterocycles. The topological polar surface area (TPSA) is 57.2 Å². The van der Waals surface area contributed by atoms with E-state index in [0.717, 1.165) is 27.9 Å². The maximum Gasteiger partial charge on any atom is 0.251 e. The molecule has 0 aliphatic carbocycles. The zero-order valence-electron chi connectivity index (χ0n) is 13.4. The Morgan fingerprint density at radius 1 is 1.04 bits per heavy atom. The molecule has 0 spiro atoms. The van der Waals surface area contributed by atoms with Crippen LogP contribution in [0.3, 0.4) is 0 Å². The standard InChI is InChI=1S/C19H20N2O2/c1-13-3-7-18-15(11-13)4-8-19(22)21(18)9-10-23-16-5-6-17(20)14(2)12-16/h3-8,11-12H,9-10,20H2,1-2H3. The minimum atomic E-state index is -0.0153. The Hall–Kier alpha value is -2.75. The lowest BCUT2D eigenvalue weighted by Gasteiger charge is -2.12. The van der Waals surface area contributed by atoms with Gasteiger partial charge in [0.25, 0.3) is 5.56 Å². The van der Waals surface area contributed by atoms with E-state index < -0.39 is 0 Å². The predicted molar refractivity (Wildman–Crippen MR) is 94.0 cm³/mol. The second kappa shape index (κ2) is 6.16. The Morgan fingerprint density at radius 2 is 1.87 bits per heavy atom. The molecule has 118 valence electrons.